The molecule has 0 saturated carbocycles. The fourth-order valence-electron chi connectivity index (χ4n) is 3.21. The molecule has 2 aliphatic rings. The molecule has 2 heterocycles. The maximum absolute atomic E-state index is 11.5. The summed E-state index contributed by atoms with van der Waals surface area (Å²) in [5, 5.41) is 0. The molecule has 1 aromatic rings. The number of benzene rings is 1. The number of carbonyl (C=O) groups excluding carboxylic acids is 2. The lowest BCUT2D eigenvalue weighted by atomic mass is 9.89. The van der Waals surface area contributed by atoms with Crippen molar-refractivity contribution in [2.75, 3.05) is 6.61 Å². The van der Waals surface area contributed by atoms with Crippen LogP contribution in [0.3, 0.4) is 0 Å². The summed E-state index contributed by atoms with van der Waals surface area (Å²) < 4.78 is 28.2. The molecule has 136 valence electrons. The van der Waals surface area contributed by atoms with Crippen LogP contribution in [0.25, 0.3) is 0 Å². The summed E-state index contributed by atoms with van der Waals surface area (Å²) >= 11 is 0. The van der Waals surface area contributed by atoms with E-state index in [9.17, 15) is 9.59 Å². The van der Waals surface area contributed by atoms with Gasteiger partial charge in [-0.25, -0.2) is 0 Å². The fraction of sp³-hybridized carbons (Fsp3) is 0.556. The third-order valence-corrected chi connectivity index (χ3v) is 4.33. The summed E-state index contributed by atoms with van der Waals surface area (Å²) in [7, 11) is 0. The van der Waals surface area contributed by atoms with E-state index >= 15 is 0 Å². The lowest BCUT2D eigenvalue weighted by molar-refractivity contribution is -0.346. The van der Waals surface area contributed by atoms with E-state index < -0.39 is 36.7 Å². The molecule has 0 spiro atoms. The molecule has 0 bridgehead atoms. The zero-order valence-electron chi connectivity index (χ0n) is 14.4. The first-order valence-corrected chi connectivity index (χ1v) is 8.27. The topological polar surface area (TPSA) is 80.3 Å². The van der Waals surface area contributed by atoms with Gasteiger partial charge in [0.05, 0.1) is 12.7 Å². The number of fused-ring (bicyclic) bond motifs is 1. The molecule has 4 unspecified atom stereocenters. The van der Waals surface area contributed by atoms with Gasteiger partial charge in [0.15, 0.2) is 12.4 Å². The van der Waals surface area contributed by atoms with Crippen molar-refractivity contribution in [2.24, 2.45) is 5.92 Å². The van der Waals surface area contributed by atoms with Crippen LogP contribution in [0.4, 0.5) is 0 Å². The molecule has 6 atom stereocenters. The molecule has 3 rings (SSSR count). The minimum atomic E-state index is -0.974. The number of hydrogen-bond acceptors (Lipinski definition) is 7. The van der Waals surface area contributed by atoms with Crippen LogP contribution in [0, 0.1) is 5.92 Å². The van der Waals surface area contributed by atoms with Crippen LogP contribution < -0.4 is 0 Å². The Morgan fingerprint density at radius 2 is 1.72 bits per heavy atom. The lowest BCUT2D eigenvalue weighted by Crippen LogP contribution is -2.59. The molecule has 0 aromatic heterocycles. The van der Waals surface area contributed by atoms with Crippen LogP contribution in [0.5, 0.6) is 0 Å². The Morgan fingerprint density at radius 1 is 1.04 bits per heavy atom. The second-order valence-corrected chi connectivity index (χ2v) is 6.26. The van der Waals surface area contributed by atoms with Crippen molar-refractivity contribution >= 4 is 11.9 Å². The average molecular weight is 350 g/mol. The number of hydrogen-bond donors (Lipinski definition) is 0. The van der Waals surface area contributed by atoms with Gasteiger partial charge >= 0.3 is 11.9 Å². The Labute approximate surface area is 146 Å². The quantitative estimate of drug-likeness (QED) is 0.771. The highest BCUT2D eigenvalue weighted by atomic mass is 16.8. The van der Waals surface area contributed by atoms with Gasteiger partial charge in [-0.2, -0.15) is 0 Å². The van der Waals surface area contributed by atoms with Crippen molar-refractivity contribution in [3.63, 3.8) is 0 Å². The zero-order chi connectivity index (χ0) is 18.0. The summed E-state index contributed by atoms with van der Waals surface area (Å²) in [6.07, 6.45) is -2.99. The molecule has 2 saturated heterocycles. The van der Waals surface area contributed by atoms with Crippen molar-refractivity contribution in [1.29, 1.82) is 0 Å². The maximum Gasteiger partial charge on any atom is 0.305 e. The first-order chi connectivity index (χ1) is 12.0. The fourth-order valence-corrected chi connectivity index (χ4v) is 3.21. The summed E-state index contributed by atoms with van der Waals surface area (Å²) in [5.74, 6) is -1.21. The first kappa shape index (κ1) is 17.8. The summed E-state index contributed by atoms with van der Waals surface area (Å²) in [6, 6.07) is 9.58. The van der Waals surface area contributed by atoms with Gasteiger partial charge in [-0.3, -0.25) is 9.59 Å². The van der Waals surface area contributed by atoms with Gasteiger partial charge in [-0.1, -0.05) is 37.3 Å². The Hall–Kier alpha value is -1.96. The number of rotatable bonds is 3. The van der Waals surface area contributed by atoms with Gasteiger partial charge in [0, 0.05) is 25.3 Å². The normalized spacial score (nSPS) is 34.7. The molecule has 7 nitrogen and oxygen atoms in total. The standard InChI is InChI=1S/C18H22O7/c1-10-15-14(9-21-17(25-15)13-7-5-4-6-8-13)24-18(23-12(3)20)16(10)22-11(2)19/h4-8,10,14-18H,9H2,1-3H3/t10-,14?,15+,16?,17?,18?/m0/s1. The lowest BCUT2D eigenvalue weighted by Gasteiger charge is -2.47. The van der Waals surface area contributed by atoms with Gasteiger partial charge < -0.3 is 23.7 Å². The summed E-state index contributed by atoms with van der Waals surface area (Å²) in [4.78, 5) is 22.8. The van der Waals surface area contributed by atoms with E-state index in [4.69, 9.17) is 23.7 Å². The molecular weight excluding hydrogens is 328 g/mol. The second kappa shape index (κ2) is 7.51. The van der Waals surface area contributed by atoms with Crippen molar-refractivity contribution < 1.29 is 33.3 Å². The van der Waals surface area contributed by atoms with Crippen LogP contribution in [0.15, 0.2) is 30.3 Å². The van der Waals surface area contributed by atoms with Crippen molar-refractivity contribution in [3.8, 4) is 0 Å². The Kier molecular flexibility index (Phi) is 5.36. The molecule has 0 aliphatic carbocycles. The third-order valence-electron chi connectivity index (χ3n) is 4.33. The molecule has 1 aromatic carbocycles. The molecule has 0 radical (unpaired) electrons. The van der Waals surface area contributed by atoms with Crippen LogP contribution >= 0.6 is 0 Å². The van der Waals surface area contributed by atoms with E-state index in [1.165, 1.54) is 13.8 Å². The zero-order valence-corrected chi connectivity index (χ0v) is 14.4. The minimum Gasteiger partial charge on any atom is -0.455 e. The van der Waals surface area contributed by atoms with Crippen LogP contribution in [0.2, 0.25) is 0 Å². The van der Waals surface area contributed by atoms with Gasteiger partial charge in [-0.15, -0.1) is 0 Å². The SMILES string of the molecule is CC(=O)OC1OC2COC(c3ccccc3)O[C@@H]2[C@H](C)C1OC(C)=O. The van der Waals surface area contributed by atoms with E-state index in [0.29, 0.717) is 6.61 Å². The van der Waals surface area contributed by atoms with Crippen molar-refractivity contribution in [2.45, 2.75) is 51.7 Å². The highest BCUT2D eigenvalue weighted by Gasteiger charge is 2.50. The Balaban J connectivity index is 1.77. The van der Waals surface area contributed by atoms with Crippen LogP contribution in [-0.4, -0.2) is 43.1 Å². The van der Waals surface area contributed by atoms with Gasteiger partial charge in [0.25, 0.3) is 0 Å². The van der Waals surface area contributed by atoms with Gasteiger partial charge in [0.2, 0.25) is 6.29 Å². The van der Waals surface area contributed by atoms with Gasteiger partial charge in [0.1, 0.15) is 6.10 Å². The smallest absolute Gasteiger partial charge is 0.305 e. The Bertz CT molecular complexity index is 617. The molecule has 0 amide bonds. The highest BCUT2D eigenvalue weighted by Crippen LogP contribution is 2.38. The summed E-state index contributed by atoms with van der Waals surface area (Å²) in [6.45, 7) is 4.77. The van der Waals surface area contributed by atoms with Crippen LogP contribution in [-0.2, 0) is 33.3 Å². The Morgan fingerprint density at radius 3 is 2.36 bits per heavy atom. The van der Waals surface area contributed by atoms with E-state index in [-0.39, 0.29) is 12.0 Å². The van der Waals surface area contributed by atoms with E-state index in [1.54, 1.807) is 0 Å². The van der Waals surface area contributed by atoms with E-state index in [1.807, 2.05) is 37.3 Å². The molecular formula is C18H22O7. The predicted octanol–water partition coefficient (Wildman–Crippen LogP) is 1.96. The maximum atomic E-state index is 11.5. The van der Waals surface area contributed by atoms with Crippen molar-refractivity contribution in [1.82, 2.24) is 0 Å². The third kappa shape index (κ3) is 4.00. The molecule has 0 N–H and O–H groups in total. The first-order valence-electron chi connectivity index (χ1n) is 8.27. The molecule has 2 fully saturated rings. The van der Waals surface area contributed by atoms with E-state index in [0.717, 1.165) is 5.56 Å². The minimum absolute atomic E-state index is 0.234. The van der Waals surface area contributed by atoms with E-state index in [2.05, 4.69) is 0 Å². The largest absolute Gasteiger partial charge is 0.455 e. The average Bonchev–Trinajstić information content (AvgIpc) is 2.58. The monoisotopic (exact) mass is 350 g/mol. The number of esters is 2. The van der Waals surface area contributed by atoms with Gasteiger partial charge in [-0.05, 0) is 0 Å². The second-order valence-electron chi connectivity index (χ2n) is 6.26. The molecule has 7 heteroatoms. The number of carbonyl (C=O) groups is 2. The number of ether oxygens (including phenoxy) is 5. The summed E-state index contributed by atoms with van der Waals surface area (Å²) in [5.41, 5.74) is 0.902. The van der Waals surface area contributed by atoms with Crippen LogP contribution in [0.1, 0.15) is 32.6 Å². The molecule has 2 aliphatic heterocycles. The molecule has 25 heavy (non-hydrogen) atoms. The predicted molar refractivity (Wildman–Crippen MR) is 85.2 cm³/mol. The highest BCUT2D eigenvalue weighted by molar-refractivity contribution is 5.67. The van der Waals surface area contributed by atoms with Crippen molar-refractivity contribution in [3.05, 3.63) is 35.9 Å².